The maximum Gasteiger partial charge on any atom is 0.179 e. The Bertz CT molecular complexity index is 789. The fourth-order valence-electron chi connectivity index (χ4n) is 1.71. The third-order valence-corrected chi connectivity index (χ3v) is 4.58. The van der Waals surface area contributed by atoms with Gasteiger partial charge in [-0.25, -0.2) is 0 Å². The van der Waals surface area contributed by atoms with Crippen LogP contribution in [0.15, 0.2) is 39.7 Å². The molecule has 0 aliphatic heterocycles. The predicted molar refractivity (Wildman–Crippen MR) is 75.2 cm³/mol. The Morgan fingerprint density at radius 2 is 2.11 bits per heavy atom. The van der Waals surface area contributed by atoms with Crippen molar-refractivity contribution in [2.24, 2.45) is 0 Å². The van der Waals surface area contributed by atoms with E-state index in [1.54, 1.807) is 6.20 Å². The van der Waals surface area contributed by atoms with Crippen molar-refractivity contribution in [2.75, 3.05) is 0 Å². The minimum absolute atomic E-state index is 0.566. The van der Waals surface area contributed by atoms with E-state index in [9.17, 15) is 5.26 Å². The van der Waals surface area contributed by atoms with Crippen molar-refractivity contribution in [3.8, 4) is 6.07 Å². The van der Waals surface area contributed by atoms with Crippen LogP contribution in [0.4, 0.5) is 0 Å². The molecule has 0 saturated carbocycles. The Labute approximate surface area is 118 Å². The van der Waals surface area contributed by atoms with E-state index >= 15 is 0 Å². The third kappa shape index (κ3) is 2.30. The van der Waals surface area contributed by atoms with Crippen LogP contribution in [0.25, 0.3) is 10.9 Å². The van der Waals surface area contributed by atoms with E-state index in [0.29, 0.717) is 5.56 Å². The van der Waals surface area contributed by atoms with Gasteiger partial charge in [-0.2, -0.15) is 5.26 Å². The Kier molecular flexibility index (Phi) is 3.15. The summed E-state index contributed by atoms with van der Waals surface area (Å²) in [4.78, 5) is 5.18. The molecule has 0 N–H and O–H groups in total. The lowest BCUT2D eigenvalue weighted by Gasteiger charge is -2.05. The Morgan fingerprint density at radius 3 is 2.84 bits per heavy atom. The highest BCUT2D eigenvalue weighted by Crippen LogP contribution is 2.36. The molecule has 4 nitrogen and oxygen atoms in total. The van der Waals surface area contributed by atoms with Crippen molar-refractivity contribution in [1.29, 1.82) is 5.26 Å². The quantitative estimate of drug-likeness (QED) is 0.721. The highest BCUT2D eigenvalue weighted by Gasteiger charge is 2.12. The molecule has 92 valence electrons. The van der Waals surface area contributed by atoms with Crippen LogP contribution in [0.1, 0.15) is 10.6 Å². The monoisotopic (exact) mass is 284 g/mol. The lowest BCUT2D eigenvalue weighted by atomic mass is 10.2. The number of rotatable bonds is 2. The molecule has 1 aromatic carbocycles. The van der Waals surface area contributed by atoms with E-state index in [2.05, 4.69) is 21.3 Å². The van der Waals surface area contributed by atoms with E-state index in [0.717, 1.165) is 25.1 Å². The Morgan fingerprint density at radius 1 is 1.26 bits per heavy atom. The largest absolute Gasteiger partial charge is 0.255 e. The number of nitriles is 1. The van der Waals surface area contributed by atoms with Crippen molar-refractivity contribution in [2.45, 2.75) is 16.2 Å². The average Bonchev–Trinajstić information content (AvgIpc) is 2.85. The number of nitrogens with zero attached hydrogens (tertiary/aromatic N) is 4. The van der Waals surface area contributed by atoms with Gasteiger partial charge in [0, 0.05) is 16.5 Å². The zero-order valence-corrected chi connectivity index (χ0v) is 11.6. The minimum Gasteiger partial charge on any atom is -0.255 e. The molecule has 2 aromatic heterocycles. The SMILES string of the molecule is Cc1nnc(Sc2c(C#N)cnc3ccccc23)s1. The van der Waals surface area contributed by atoms with Crippen LogP contribution in [0.5, 0.6) is 0 Å². The van der Waals surface area contributed by atoms with Gasteiger partial charge in [0.1, 0.15) is 11.1 Å². The first kappa shape index (κ1) is 12.1. The maximum absolute atomic E-state index is 9.23. The summed E-state index contributed by atoms with van der Waals surface area (Å²) in [7, 11) is 0. The Balaban J connectivity index is 2.17. The van der Waals surface area contributed by atoms with Crippen LogP contribution in [-0.4, -0.2) is 15.2 Å². The van der Waals surface area contributed by atoms with Crippen LogP contribution in [0, 0.1) is 18.3 Å². The molecule has 0 atom stereocenters. The number of hydrogen-bond acceptors (Lipinski definition) is 6. The van der Waals surface area contributed by atoms with Gasteiger partial charge >= 0.3 is 0 Å². The van der Waals surface area contributed by atoms with Crippen LogP contribution in [0.3, 0.4) is 0 Å². The van der Waals surface area contributed by atoms with Gasteiger partial charge in [0.15, 0.2) is 4.34 Å². The number of fused-ring (bicyclic) bond motifs is 1. The summed E-state index contributed by atoms with van der Waals surface area (Å²) in [6, 6.07) is 9.98. The molecule has 0 aliphatic rings. The summed E-state index contributed by atoms with van der Waals surface area (Å²) in [6.07, 6.45) is 1.61. The van der Waals surface area contributed by atoms with E-state index < -0.39 is 0 Å². The van der Waals surface area contributed by atoms with Gasteiger partial charge < -0.3 is 0 Å². The van der Waals surface area contributed by atoms with Gasteiger partial charge in [0.05, 0.1) is 11.1 Å². The van der Waals surface area contributed by atoms with E-state index in [4.69, 9.17) is 0 Å². The Hall–Kier alpha value is -1.97. The summed E-state index contributed by atoms with van der Waals surface area (Å²) in [6.45, 7) is 1.91. The summed E-state index contributed by atoms with van der Waals surface area (Å²) < 4.78 is 0.838. The van der Waals surface area contributed by atoms with Crippen LogP contribution in [0.2, 0.25) is 0 Å². The molecular formula is C13H8N4S2. The first-order chi connectivity index (χ1) is 9.28. The second kappa shape index (κ2) is 4.96. The number of pyridine rings is 1. The van der Waals surface area contributed by atoms with Crippen molar-refractivity contribution in [3.05, 3.63) is 41.0 Å². The minimum atomic E-state index is 0.566. The van der Waals surface area contributed by atoms with Crippen molar-refractivity contribution in [1.82, 2.24) is 15.2 Å². The fraction of sp³-hybridized carbons (Fsp3) is 0.0769. The predicted octanol–water partition coefficient (Wildman–Crippen LogP) is 3.42. The molecule has 0 aliphatic carbocycles. The zero-order valence-electron chi connectivity index (χ0n) is 9.99. The van der Waals surface area contributed by atoms with Crippen molar-refractivity contribution in [3.63, 3.8) is 0 Å². The number of aromatic nitrogens is 3. The van der Waals surface area contributed by atoms with E-state index in [-0.39, 0.29) is 0 Å². The van der Waals surface area contributed by atoms with Crippen molar-refractivity contribution >= 4 is 34.0 Å². The molecule has 0 fully saturated rings. The van der Waals surface area contributed by atoms with Gasteiger partial charge in [-0.15, -0.1) is 10.2 Å². The highest BCUT2D eigenvalue weighted by molar-refractivity contribution is 8.01. The molecule has 3 rings (SSSR count). The molecule has 0 amide bonds. The first-order valence-electron chi connectivity index (χ1n) is 5.54. The van der Waals surface area contributed by atoms with Gasteiger partial charge in [0.25, 0.3) is 0 Å². The number of aryl methyl sites for hydroxylation is 1. The molecule has 19 heavy (non-hydrogen) atoms. The molecule has 0 unspecified atom stereocenters. The first-order valence-corrected chi connectivity index (χ1v) is 7.17. The standard InChI is InChI=1S/C13H8N4S2/c1-8-16-17-13(18-8)19-12-9(6-14)7-15-11-5-3-2-4-10(11)12/h2-5,7H,1H3. The molecule has 3 aromatic rings. The third-order valence-electron chi connectivity index (χ3n) is 2.54. The van der Waals surface area contributed by atoms with Crippen LogP contribution < -0.4 is 0 Å². The summed E-state index contributed by atoms with van der Waals surface area (Å²) in [5, 5.41) is 19.2. The smallest absolute Gasteiger partial charge is 0.179 e. The van der Waals surface area contributed by atoms with Crippen molar-refractivity contribution < 1.29 is 0 Å². The molecule has 0 saturated heterocycles. The maximum atomic E-state index is 9.23. The molecule has 2 heterocycles. The van der Waals surface area contributed by atoms with E-state index in [1.165, 1.54) is 23.1 Å². The lowest BCUT2D eigenvalue weighted by Crippen LogP contribution is -1.87. The molecule has 0 bridgehead atoms. The average molecular weight is 284 g/mol. The fourth-order valence-corrected chi connectivity index (χ4v) is 3.65. The normalized spacial score (nSPS) is 10.5. The number of benzene rings is 1. The summed E-state index contributed by atoms with van der Waals surface area (Å²) in [5.41, 5.74) is 1.45. The highest BCUT2D eigenvalue weighted by atomic mass is 32.2. The van der Waals surface area contributed by atoms with Crippen LogP contribution >= 0.6 is 23.1 Å². The number of para-hydroxylation sites is 1. The van der Waals surface area contributed by atoms with Crippen LogP contribution in [-0.2, 0) is 0 Å². The second-order valence-electron chi connectivity index (χ2n) is 3.82. The second-order valence-corrected chi connectivity index (χ2v) is 6.26. The zero-order chi connectivity index (χ0) is 13.2. The topological polar surface area (TPSA) is 62.5 Å². The van der Waals surface area contributed by atoms with E-state index in [1.807, 2.05) is 31.2 Å². The number of hydrogen-bond donors (Lipinski definition) is 0. The molecule has 0 spiro atoms. The molecule has 0 radical (unpaired) electrons. The van der Waals surface area contributed by atoms with Gasteiger partial charge in [-0.3, -0.25) is 4.98 Å². The summed E-state index contributed by atoms with van der Waals surface area (Å²) >= 11 is 2.99. The summed E-state index contributed by atoms with van der Waals surface area (Å²) in [5.74, 6) is 0. The van der Waals surface area contributed by atoms with Gasteiger partial charge in [-0.05, 0) is 13.0 Å². The van der Waals surface area contributed by atoms with Gasteiger partial charge in [0.2, 0.25) is 0 Å². The van der Waals surface area contributed by atoms with Gasteiger partial charge in [-0.1, -0.05) is 41.3 Å². The lowest BCUT2D eigenvalue weighted by molar-refractivity contribution is 0.984. The molecule has 6 heteroatoms. The molecular weight excluding hydrogens is 276 g/mol.